The van der Waals surface area contributed by atoms with Gasteiger partial charge in [0, 0.05) is 18.8 Å². The molecule has 5 nitrogen and oxygen atoms in total. The summed E-state index contributed by atoms with van der Waals surface area (Å²) in [5.74, 6) is 0.807. The van der Waals surface area contributed by atoms with Crippen molar-refractivity contribution >= 4 is 41.3 Å². The quantitative estimate of drug-likeness (QED) is 0.360. The number of anilines is 2. The molecule has 0 unspecified atom stereocenters. The highest BCUT2D eigenvalue weighted by Gasteiger charge is 2.09. The topological polar surface area (TPSA) is 62.9 Å². The lowest BCUT2D eigenvalue weighted by atomic mass is 10.2. The molecule has 0 saturated carbocycles. The van der Waals surface area contributed by atoms with Crippen LogP contribution in [0.25, 0.3) is 0 Å². The maximum Gasteiger partial charge on any atom is 0.193 e. The Hall–Kier alpha value is -2.03. The molecule has 0 saturated heterocycles. The van der Waals surface area contributed by atoms with Crippen LogP contribution in [0.4, 0.5) is 15.8 Å². The van der Waals surface area contributed by atoms with Gasteiger partial charge in [0.2, 0.25) is 0 Å². The first-order chi connectivity index (χ1) is 12.1. The molecule has 0 amide bonds. The van der Waals surface area contributed by atoms with Gasteiger partial charge in [0.1, 0.15) is 11.6 Å². The summed E-state index contributed by atoms with van der Waals surface area (Å²) in [5.41, 5.74) is 8.08. The summed E-state index contributed by atoms with van der Waals surface area (Å²) in [6, 6.07) is 12.5. The molecule has 0 spiro atoms. The summed E-state index contributed by atoms with van der Waals surface area (Å²) in [6.45, 7) is 5.86. The van der Waals surface area contributed by atoms with E-state index in [4.69, 9.17) is 10.5 Å². The molecule has 0 aliphatic heterocycles. The van der Waals surface area contributed by atoms with E-state index in [9.17, 15) is 4.39 Å². The van der Waals surface area contributed by atoms with Crippen LogP contribution in [0.5, 0.6) is 5.75 Å². The van der Waals surface area contributed by atoms with E-state index in [0.29, 0.717) is 12.2 Å². The van der Waals surface area contributed by atoms with Crippen LogP contribution in [0.15, 0.2) is 47.5 Å². The van der Waals surface area contributed by atoms with Crippen molar-refractivity contribution in [2.24, 2.45) is 10.7 Å². The number of methoxy groups -OCH3 is 1. The summed E-state index contributed by atoms with van der Waals surface area (Å²) in [5, 5.41) is 3.00. The summed E-state index contributed by atoms with van der Waals surface area (Å²) in [6.07, 6.45) is 0. The fraction of sp³-hybridized carbons (Fsp3) is 0.316. The van der Waals surface area contributed by atoms with Crippen LogP contribution in [-0.4, -0.2) is 26.2 Å². The molecule has 0 fully saturated rings. The molecule has 0 bridgehead atoms. The smallest absolute Gasteiger partial charge is 0.193 e. The van der Waals surface area contributed by atoms with Crippen molar-refractivity contribution in [3.05, 3.63) is 53.8 Å². The summed E-state index contributed by atoms with van der Waals surface area (Å²) >= 11 is 0. The Balaban J connectivity index is 0.00000338. The standard InChI is InChI=1S/C19H25FN4O.HI/c1-4-24(5-2)18-11-6-14(12-17(18)20)13-22-19(21)23-15-7-9-16(25-3)10-8-15;/h6-12H,4-5,13H2,1-3H3,(H3,21,22,23);1H. The number of hydrogen-bond donors (Lipinski definition) is 2. The van der Waals surface area contributed by atoms with Crippen LogP contribution < -0.4 is 20.7 Å². The third-order valence-electron chi connectivity index (χ3n) is 3.91. The Kier molecular flexibility index (Phi) is 9.18. The molecule has 0 radical (unpaired) electrons. The number of aliphatic imine (C=N–C) groups is 1. The number of benzene rings is 2. The number of hydrogen-bond acceptors (Lipinski definition) is 3. The fourth-order valence-corrected chi connectivity index (χ4v) is 2.51. The van der Waals surface area contributed by atoms with Crippen LogP contribution in [0, 0.1) is 5.82 Å². The van der Waals surface area contributed by atoms with Crippen LogP contribution in [0.2, 0.25) is 0 Å². The van der Waals surface area contributed by atoms with Crippen molar-refractivity contribution in [2.75, 3.05) is 30.4 Å². The molecular formula is C19H26FIN4O. The first-order valence-electron chi connectivity index (χ1n) is 8.31. The number of nitrogens with one attached hydrogen (secondary N) is 1. The molecule has 2 aromatic rings. The second-order valence-electron chi connectivity index (χ2n) is 5.51. The first kappa shape index (κ1) is 22.0. The zero-order chi connectivity index (χ0) is 18.2. The lowest BCUT2D eigenvalue weighted by Gasteiger charge is -2.21. The predicted octanol–water partition coefficient (Wildman–Crippen LogP) is 4.23. The SMILES string of the molecule is CCN(CC)c1ccc(CN=C(N)Nc2ccc(OC)cc2)cc1F.I. The zero-order valence-corrected chi connectivity index (χ0v) is 17.7. The summed E-state index contributed by atoms with van der Waals surface area (Å²) in [4.78, 5) is 6.23. The van der Waals surface area contributed by atoms with E-state index in [2.05, 4.69) is 10.3 Å². The Morgan fingerprint density at radius 3 is 2.35 bits per heavy atom. The molecule has 2 aromatic carbocycles. The minimum atomic E-state index is -0.238. The van der Waals surface area contributed by atoms with Crippen molar-refractivity contribution in [3.8, 4) is 5.75 Å². The predicted molar refractivity (Wildman–Crippen MR) is 117 cm³/mol. The molecule has 7 heteroatoms. The van der Waals surface area contributed by atoms with E-state index in [-0.39, 0.29) is 35.8 Å². The second kappa shape index (κ2) is 10.8. The van der Waals surface area contributed by atoms with E-state index in [1.54, 1.807) is 13.2 Å². The van der Waals surface area contributed by atoms with Gasteiger partial charge in [0.05, 0.1) is 19.3 Å². The van der Waals surface area contributed by atoms with Crippen molar-refractivity contribution in [1.82, 2.24) is 0 Å². The Morgan fingerprint density at radius 2 is 1.81 bits per heavy atom. The van der Waals surface area contributed by atoms with Crippen LogP contribution in [-0.2, 0) is 6.54 Å². The minimum Gasteiger partial charge on any atom is -0.497 e. The maximum absolute atomic E-state index is 14.3. The Morgan fingerprint density at radius 1 is 1.15 bits per heavy atom. The van der Waals surface area contributed by atoms with Gasteiger partial charge in [-0.2, -0.15) is 0 Å². The van der Waals surface area contributed by atoms with Gasteiger partial charge in [0.25, 0.3) is 0 Å². The lowest BCUT2D eigenvalue weighted by Crippen LogP contribution is -2.23. The second-order valence-corrected chi connectivity index (χ2v) is 5.51. The highest BCUT2D eigenvalue weighted by Crippen LogP contribution is 2.21. The molecular weight excluding hydrogens is 446 g/mol. The number of halogens is 2. The largest absolute Gasteiger partial charge is 0.497 e. The average Bonchev–Trinajstić information content (AvgIpc) is 2.63. The van der Waals surface area contributed by atoms with E-state index < -0.39 is 0 Å². The van der Waals surface area contributed by atoms with Gasteiger partial charge < -0.3 is 20.7 Å². The zero-order valence-electron chi connectivity index (χ0n) is 15.3. The van der Waals surface area contributed by atoms with Crippen LogP contribution in [0.3, 0.4) is 0 Å². The van der Waals surface area contributed by atoms with Gasteiger partial charge in [0.15, 0.2) is 5.96 Å². The lowest BCUT2D eigenvalue weighted by molar-refractivity contribution is 0.415. The van der Waals surface area contributed by atoms with Crippen LogP contribution >= 0.6 is 24.0 Å². The van der Waals surface area contributed by atoms with Gasteiger partial charge in [-0.3, -0.25) is 0 Å². The van der Waals surface area contributed by atoms with E-state index in [1.807, 2.05) is 49.1 Å². The molecule has 2 rings (SSSR count). The number of nitrogens with two attached hydrogens (primary N) is 1. The van der Waals surface area contributed by atoms with Crippen molar-refractivity contribution in [1.29, 1.82) is 0 Å². The molecule has 0 aliphatic carbocycles. The molecule has 3 N–H and O–H groups in total. The summed E-state index contributed by atoms with van der Waals surface area (Å²) < 4.78 is 19.4. The summed E-state index contributed by atoms with van der Waals surface area (Å²) in [7, 11) is 1.61. The maximum atomic E-state index is 14.3. The molecule has 0 heterocycles. The van der Waals surface area contributed by atoms with Gasteiger partial charge in [-0.15, -0.1) is 24.0 Å². The van der Waals surface area contributed by atoms with Crippen molar-refractivity contribution in [3.63, 3.8) is 0 Å². The molecule has 0 aliphatic rings. The normalized spacial score (nSPS) is 10.8. The Bertz CT molecular complexity index is 718. The number of nitrogens with zero attached hydrogens (tertiary/aromatic N) is 2. The third-order valence-corrected chi connectivity index (χ3v) is 3.91. The third kappa shape index (κ3) is 6.05. The monoisotopic (exact) mass is 472 g/mol. The highest BCUT2D eigenvalue weighted by molar-refractivity contribution is 14.0. The van der Waals surface area contributed by atoms with Crippen LogP contribution in [0.1, 0.15) is 19.4 Å². The fourth-order valence-electron chi connectivity index (χ4n) is 2.51. The Labute approximate surface area is 171 Å². The molecule has 26 heavy (non-hydrogen) atoms. The van der Waals surface area contributed by atoms with Gasteiger partial charge in [-0.1, -0.05) is 6.07 Å². The van der Waals surface area contributed by atoms with E-state index in [1.165, 1.54) is 6.07 Å². The molecule has 0 aromatic heterocycles. The van der Waals surface area contributed by atoms with E-state index in [0.717, 1.165) is 30.1 Å². The minimum absolute atomic E-state index is 0. The first-order valence-corrected chi connectivity index (χ1v) is 8.31. The van der Waals surface area contributed by atoms with Gasteiger partial charge >= 0.3 is 0 Å². The number of rotatable bonds is 7. The highest BCUT2D eigenvalue weighted by atomic mass is 127. The van der Waals surface area contributed by atoms with Crippen molar-refractivity contribution in [2.45, 2.75) is 20.4 Å². The van der Waals surface area contributed by atoms with Gasteiger partial charge in [-0.25, -0.2) is 9.38 Å². The molecule has 142 valence electrons. The average molecular weight is 472 g/mol. The van der Waals surface area contributed by atoms with Crippen molar-refractivity contribution < 1.29 is 9.13 Å². The van der Waals surface area contributed by atoms with E-state index >= 15 is 0 Å². The molecule has 0 atom stereocenters. The number of ether oxygens (including phenoxy) is 1. The van der Waals surface area contributed by atoms with Gasteiger partial charge in [-0.05, 0) is 55.8 Å². The number of guanidine groups is 1.